The molecule has 9 heavy (non-hydrogen) atoms. The van der Waals surface area contributed by atoms with Crippen LogP contribution in [0.1, 0.15) is 13.3 Å². The first-order valence-electron chi connectivity index (χ1n) is 3.49. The molecule has 1 atom stereocenters. The van der Waals surface area contributed by atoms with Crippen molar-refractivity contribution in [2.24, 2.45) is 11.3 Å². The van der Waals surface area contributed by atoms with Crippen LogP contribution in [0, 0.1) is 11.3 Å². The highest BCUT2D eigenvalue weighted by molar-refractivity contribution is 5.00. The Morgan fingerprint density at radius 3 is 2.22 bits per heavy atom. The zero-order valence-electron chi connectivity index (χ0n) is 5.72. The molecule has 0 N–H and O–H groups in total. The summed E-state index contributed by atoms with van der Waals surface area (Å²) < 4.78 is 10.4. The Kier molecular flexibility index (Phi) is 1.08. The molecular formula is C7H12O2. The van der Waals surface area contributed by atoms with E-state index in [9.17, 15) is 0 Å². The molecule has 1 heterocycles. The van der Waals surface area contributed by atoms with Crippen molar-refractivity contribution in [2.75, 3.05) is 20.0 Å². The Bertz CT molecular complexity index is 116. The minimum atomic E-state index is 0.443. The van der Waals surface area contributed by atoms with E-state index in [0.717, 1.165) is 19.1 Å². The van der Waals surface area contributed by atoms with E-state index >= 15 is 0 Å². The lowest BCUT2D eigenvalue weighted by molar-refractivity contribution is -0.137. The van der Waals surface area contributed by atoms with Crippen molar-refractivity contribution in [3.63, 3.8) is 0 Å². The summed E-state index contributed by atoms with van der Waals surface area (Å²) >= 11 is 0. The predicted molar refractivity (Wildman–Crippen MR) is 33.0 cm³/mol. The molecule has 2 aliphatic rings. The van der Waals surface area contributed by atoms with Gasteiger partial charge in [0.1, 0.15) is 6.79 Å². The maximum absolute atomic E-state index is 5.20. The number of hydrogen-bond acceptors (Lipinski definition) is 2. The van der Waals surface area contributed by atoms with Gasteiger partial charge in [-0.3, -0.25) is 0 Å². The molecule has 1 saturated heterocycles. The summed E-state index contributed by atoms with van der Waals surface area (Å²) in [6.07, 6.45) is 1.30. The molecule has 1 unspecified atom stereocenters. The monoisotopic (exact) mass is 128 g/mol. The summed E-state index contributed by atoms with van der Waals surface area (Å²) in [4.78, 5) is 0. The first-order valence-corrected chi connectivity index (χ1v) is 3.49. The Balaban J connectivity index is 1.97. The van der Waals surface area contributed by atoms with Gasteiger partial charge in [0.15, 0.2) is 0 Å². The number of ether oxygens (including phenoxy) is 2. The highest BCUT2D eigenvalue weighted by atomic mass is 16.7. The minimum Gasteiger partial charge on any atom is -0.355 e. The molecule has 52 valence electrons. The summed E-state index contributed by atoms with van der Waals surface area (Å²) in [6.45, 7) is 4.62. The lowest BCUT2D eigenvalue weighted by Crippen LogP contribution is -2.26. The van der Waals surface area contributed by atoms with Crippen LogP contribution in [0.15, 0.2) is 0 Å². The summed E-state index contributed by atoms with van der Waals surface area (Å²) in [7, 11) is 0. The molecule has 1 spiro atoms. The van der Waals surface area contributed by atoms with Crippen molar-refractivity contribution in [3.05, 3.63) is 0 Å². The van der Waals surface area contributed by atoms with Crippen LogP contribution in [-0.2, 0) is 9.47 Å². The van der Waals surface area contributed by atoms with Crippen molar-refractivity contribution in [1.29, 1.82) is 0 Å². The van der Waals surface area contributed by atoms with Gasteiger partial charge < -0.3 is 9.47 Å². The molecule has 0 radical (unpaired) electrons. The Labute approximate surface area is 55.1 Å². The van der Waals surface area contributed by atoms with Gasteiger partial charge in [0.2, 0.25) is 0 Å². The van der Waals surface area contributed by atoms with Crippen LogP contribution in [0.5, 0.6) is 0 Å². The van der Waals surface area contributed by atoms with E-state index in [-0.39, 0.29) is 0 Å². The molecule has 1 aliphatic carbocycles. The Morgan fingerprint density at radius 2 is 1.89 bits per heavy atom. The second-order valence-electron chi connectivity index (χ2n) is 3.28. The van der Waals surface area contributed by atoms with Crippen LogP contribution in [0.25, 0.3) is 0 Å². The Hall–Kier alpha value is -0.0800. The fourth-order valence-electron chi connectivity index (χ4n) is 1.54. The molecule has 0 aromatic rings. The maximum atomic E-state index is 5.20. The van der Waals surface area contributed by atoms with E-state index in [2.05, 4.69) is 6.92 Å². The fraction of sp³-hybridized carbons (Fsp3) is 1.00. The Morgan fingerprint density at radius 1 is 1.33 bits per heavy atom. The topological polar surface area (TPSA) is 18.5 Å². The molecule has 2 nitrogen and oxygen atoms in total. The van der Waals surface area contributed by atoms with Gasteiger partial charge in [0.05, 0.1) is 13.2 Å². The molecule has 0 aromatic carbocycles. The SMILES string of the molecule is CC1CC12COCOC2. The van der Waals surface area contributed by atoms with Crippen LogP contribution in [0.2, 0.25) is 0 Å². The van der Waals surface area contributed by atoms with Gasteiger partial charge in [-0.25, -0.2) is 0 Å². The van der Waals surface area contributed by atoms with E-state index in [1.165, 1.54) is 6.42 Å². The highest BCUT2D eigenvalue weighted by Gasteiger charge is 2.52. The van der Waals surface area contributed by atoms with E-state index in [1.54, 1.807) is 0 Å². The first-order chi connectivity index (χ1) is 4.33. The highest BCUT2D eigenvalue weighted by Crippen LogP contribution is 2.53. The number of rotatable bonds is 0. The lowest BCUT2D eigenvalue weighted by atomic mass is 10.1. The summed E-state index contributed by atoms with van der Waals surface area (Å²) in [5.41, 5.74) is 0.443. The zero-order valence-corrected chi connectivity index (χ0v) is 5.72. The van der Waals surface area contributed by atoms with Gasteiger partial charge in [0.25, 0.3) is 0 Å². The second-order valence-corrected chi connectivity index (χ2v) is 3.28. The van der Waals surface area contributed by atoms with Crippen LogP contribution in [0.4, 0.5) is 0 Å². The lowest BCUT2D eigenvalue weighted by Gasteiger charge is -2.22. The van der Waals surface area contributed by atoms with E-state index in [0.29, 0.717) is 12.2 Å². The molecular weight excluding hydrogens is 116 g/mol. The van der Waals surface area contributed by atoms with Crippen LogP contribution in [0.3, 0.4) is 0 Å². The molecule has 1 saturated carbocycles. The quantitative estimate of drug-likeness (QED) is 0.485. The third kappa shape index (κ3) is 0.775. The molecule has 2 heteroatoms. The predicted octanol–water partition coefficient (Wildman–Crippen LogP) is 1.02. The van der Waals surface area contributed by atoms with Crippen molar-refractivity contribution in [1.82, 2.24) is 0 Å². The minimum absolute atomic E-state index is 0.443. The van der Waals surface area contributed by atoms with Crippen LogP contribution in [-0.4, -0.2) is 20.0 Å². The van der Waals surface area contributed by atoms with Gasteiger partial charge in [-0.2, -0.15) is 0 Å². The summed E-state index contributed by atoms with van der Waals surface area (Å²) in [5, 5.41) is 0. The van der Waals surface area contributed by atoms with Gasteiger partial charge in [0, 0.05) is 5.41 Å². The van der Waals surface area contributed by atoms with Crippen molar-refractivity contribution < 1.29 is 9.47 Å². The maximum Gasteiger partial charge on any atom is 0.146 e. The zero-order chi connectivity index (χ0) is 6.32. The fourth-order valence-corrected chi connectivity index (χ4v) is 1.54. The van der Waals surface area contributed by atoms with Gasteiger partial charge in [-0.05, 0) is 12.3 Å². The van der Waals surface area contributed by atoms with Gasteiger partial charge >= 0.3 is 0 Å². The third-order valence-corrected chi connectivity index (χ3v) is 2.54. The normalized spacial score (nSPS) is 39.0. The molecule has 2 fully saturated rings. The largest absolute Gasteiger partial charge is 0.355 e. The molecule has 1 aliphatic heterocycles. The van der Waals surface area contributed by atoms with Crippen molar-refractivity contribution in [3.8, 4) is 0 Å². The van der Waals surface area contributed by atoms with Gasteiger partial charge in [-0.1, -0.05) is 6.92 Å². The van der Waals surface area contributed by atoms with Gasteiger partial charge in [-0.15, -0.1) is 0 Å². The van der Waals surface area contributed by atoms with Crippen molar-refractivity contribution >= 4 is 0 Å². The molecule has 2 rings (SSSR count). The van der Waals surface area contributed by atoms with E-state index in [1.807, 2.05) is 0 Å². The summed E-state index contributed by atoms with van der Waals surface area (Å²) in [6, 6.07) is 0. The molecule has 0 amide bonds. The average molecular weight is 128 g/mol. The molecule has 0 aromatic heterocycles. The van der Waals surface area contributed by atoms with Crippen molar-refractivity contribution in [2.45, 2.75) is 13.3 Å². The summed E-state index contributed by atoms with van der Waals surface area (Å²) in [5.74, 6) is 0.831. The number of hydrogen-bond donors (Lipinski definition) is 0. The van der Waals surface area contributed by atoms with E-state index < -0.39 is 0 Å². The first kappa shape index (κ1) is 5.69. The smallest absolute Gasteiger partial charge is 0.146 e. The van der Waals surface area contributed by atoms with E-state index in [4.69, 9.17) is 9.47 Å². The van der Waals surface area contributed by atoms with Crippen LogP contribution < -0.4 is 0 Å². The second kappa shape index (κ2) is 1.70. The standard InChI is InChI=1S/C7H12O2/c1-6-2-7(6)3-8-5-9-4-7/h6H,2-5H2,1H3. The molecule has 0 bridgehead atoms. The average Bonchev–Trinajstić information content (AvgIpc) is 2.44. The third-order valence-electron chi connectivity index (χ3n) is 2.54. The van der Waals surface area contributed by atoms with Crippen LogP contribution >= 0.6 is 0 Å².